The highest BCUT2D eigenvalue weighted by Gasteiger charge is 2.12. The van der Waals surface area contributed by atoms with Gasteiger partial charge in [0.15, 0.2) is 0 Å². The number of carbonyl (C=O) groups is 1. The van der Waals surface area contributed by atoms with Crippen LogP contribution in [0.15, 0.2) is 24.3 Å². The lowest BCUT2D eigenvalue weighted by Crippen LogP contribution is -2.08. The van der Waals surface area contributed by atoms with Crippen LogP contribution in [0.2, 0.25) is 0 Å². The fourth-order valence-corrected chi connectivity index (χ4v) is 4.54. The SMILES string of the molecule is CCCCCCCCCCCC[S+](C)Cc1ccc(C(=O)O)cc1. The van der Waals surface area contributed by atoms with Gasteiger partial charge < -0.3 is 5.11 Å². The van der Waals surface area contributed by atoms with Crippen molar-refractivity contribution in [1.29, 1.82) is 0 Å². The summed E-state index contributed by atoms with van der Waals surface area (Å²) in [7, 11) is 0.402. The van der Waals surface area contributed by atoms with Crippen LogP contribution in [0.1, 0.15) is 87.1 Å². The van der Waals surface area contributed by atoms with Crippen molar-refractivity contribution in [2.45, 2.75) is 76.9 Å². The van der Waals surface area contributed by atoms with Gasteiger partial charge in [0.2, 0.25) is 0 Å². The number of carboxylic acids is 1. The highest BCUT2D eigenvalue weighted by atomic mass is 32.2. The Hall–Kier alpha value is -0.960. The summed E-state index contributed by atoms with van der Waals surface area (Å²) in [6, 6.07) is 7.36. The first kappa shape index (κ1) is 21.1. The van der Waals surface area contributed by atoms with Gasteiger partial charge in [-0.3, -0.25) is 0 Å². The number of rotatable bonds is 14. The van der Waals surface area contributed by atoms with Crippen molar-refractivity contribution in [2.24, 2.45) is 0 Å². The number of benzene rings is 1. The lowest BCUT2D eigenvalue weighted by atomic mass is 10.1. The molecule has 0 saturated heterocycles. The van der Waals surface area contributed by atoms with Crippen molar-refractivity contribution in [2.75, 3.05) is 12.0 Å². The highest BCUT2D eigenvalue weighted by molar-refractivity contribution is 7.95. The summed E-state index contributed by atoms with van der Waals surface area (Å²) >= 11 is 0. The van der Waals surface area contributed by atoms with Crippen molar-refractivity contribution >= 4 is 16.9 Å². The van der Waals surface area contributed by atoms with Gasteiger partial charge in [-0.1, -0.05) is 70.4 Å². The third kappa shape index (κ3) is 10.0. The Bertz CT molecular complexity index is 442. The number of aromatic carboxylic acids is 1. The fourth-order valence-electron chi connectivity index (χ4n) is 2.94. The first-order chi connectivity index (χ1) is 11.6. The van der Waals surface area contributed by atoms with Gasteiger partial charge in [0.1, 0.15) is 11.5 Å². The van der Waals surface area contributed by atoms with Crippen molar-refractivity contribution in [3.05, 3.63) is 35.4 Å². The molecule has 0 aliphatic rings. The Morgan fingerprint density at radius 1 is 0.875 bits per heavy atom. The zero-order valence-electron chi connectivity index (χ0n) is 15.6. The molecule has 1 unspecified atom stereocenters. The fraction of sp³-hybridized carbons (Fsp3) is 0.667. The molecule has 1 N–H and O–H groups in total. The summed E-state index contributed by atoms with van der Waals surface area (Å²) in [5, 5.41) is 8.92. The molecule has 1 aromatic rings. The van der Waals surface area contributed by atoms with Crippen molar-refractivity contribution in [3.8, 4) is 0 Å². The van der Waals surface area contributed by atoms with Crippen LogP contribution in [0.25, 0.3) is 0 Å². The highest BCUT2D eigenvalue weighted by Crippen LogP contribution is 2.13. The van der Waals surface area contributed by atoms with E-state index in [4.69, 9.17) is 5.11 Å². The molecule has 1 atom stereocenters. The maximum atomic E-state index is 10.9. The second-order valence-corrected chi connectivity index (χ2v) is 9.07. The van der Waals surface area contributed by atoms with E-state index in [-0.39, 0.29) is 0 Å². The minimum Gasteiger partial charge on any atom is -0.478 e. The number of hydrogen-bond acceptors (Lipinski definition) is 1. The van der Waals surface area contributed by atoms with Crippen LogP contribution in [-0.4, -0.2) is 23.1 Å². The van der Waals surface area contributed by atoms with Crippen molar-refractivity contribution < 1.29 is 9.90 Å². The monoisotopic (exact) mass is 351 g/mol. The molecule has 2 nitrogen and oxygen atoms in total. The Kier molecular flexibility index (Phi) is 11.7. The summed E-state index contributed by atoms with van der Waals surface area (Å²) in [6.45, 7) is 2.27. The molecule has 0 spiro atoms. The summed E-state index contributed by atoms with van der Waals surface area (Å²) in [5.41, 5.74) is 1.64. The average molecular weight is 352 g/mol. The van der Waals surface area contributed by atoms with Crippen LogP contribution < -0.4 is 0 Å². The molecule has 0 heterocycles. The standard InChI is InChI=1S/C21H34O2S/c1-3-4-5-6-7-8-9-10-11-12-17-24(2)18-19-13-15-20(16-14-19)21(22)23/h13-16H,3-12,17-18H2,1-2H3/p+1. The lowest BCUT2D eigenvalue weighted by Gasteiger charge is -2.05. The normalized spacial score (nSPS) is 12.2. The molecule has 3 heteroatoms. The third-order valence-corrected chi connectivity index (χ3v) is 6.27. The molecule has 0 radical (unpaired) electrons. The molecular formula is C21H35O2S+. The first-order valence-electron chi connectivity index (χ1n) is 9.55. The molecule has 1 aromatic carbocycles. The van der Waals surface area contributed by atoms with Gasteiger partial charge in [-0.15, -0.1) is 0 Å². The summed E-state index contributed by atoms with van der Waals surface area (Å²) in [4.78, 5) is 10.9. The van der Waals surface area contributed by atoms with Gasteiger partial charge in [-0.25, -0.2) is 4.79 Å². The van der Waals surface area contributed by atoms with Gasteiger partial charge >= 0.3 is 5.97 Å². The third-order valence-electron chi connectivity index (χ3n) is 4.46. The molecule has 24 heavy (non-hydrogen) atoms. The van der Waals surface area contributed by atoms with Crippen molar-refractivity contribution in [3.63, 3.8) is 0 Å². The summed E-state index contributed by atoms with van der Waals surface area (Å²) in [5.74, 6) is 1.54. The van der Waals surface area contributed by atoms with Gasteiger partial charge in [0.05, 0.1) is 11.8 Å². The molecule has 0 aliphatic heterocycles. The topological polar surface area (TPSA) is 37.3 Å². The number of carboxylic acid groups (broad SMARTS) is 1. The first-order valence-corrected chi connectivity index (χ1v) is 11.5. The quantitative estimate of drug-likeness (QED) is 0.327. The molecular weight excluding hydrogens is 316 g/mol. The predicted molar refractivity (Wildman–Crippen MR) is 107 cm³/mol. The van der Waals surface area contributed by atoms with E-state index in [1.54, 1.807) is 12.1 Å². The van der Waals surface area contributed by atoms with E-state index in [0.717, 1.165) is 5.75 Å². The van der Waals surface area contributed by atoms with Crippen LogP contribution in [0.4, 0.5) is 0 Å². The molecule has 1 rings (SSSR count). The van der Waals surface area contributed by atoms with Gasteiger partial charge in [-0.2, -0.15) is 0 Å². The molecule has 0 saturated carbocycles. The predicted octanol–water partition coefficient (Wildman–Crippen LogP) is 6.05. The molecule has 0 bridgehead atoms. The number of hydrogen-bond donors (Lipinski definition) is 1. The van der Waals surface area contributed by atoms with E-state index in [2.05, 4.69) is 13.2 Å². The van der Waals surface area contributed by atoms with E-state index >= 15 is 0 Å². The van der Waals surface area contributed by atoms with Gasteiger partial charge in [0.25, 0.3) is 0 Å². The number of unbranched alkanes of at least 4 members (excludes halogenated alkanes) is 9. The Labute approximate surface area is 151 Å². The second-order valence-electron chi connectivity index (χ2n) is 6.81. The molecule has 0 aliphatic carbocycles. The van der Waals surface area contributed by atoms with E-state index < -0.39 is 5.97 Å². The van der Waals surface area contributed by atoms with E-state index in [9.17, 15) is 4.79 Å². The average Bonchev–Trinajstić information content (AvgIpc) is 2.57. The Morgan fingerprint density at radius 3 is 1.88 bits per heavy atom. The van der Waals surface area contributed by atoms with Gasteiger partial charge in [0, 0.05) is 5.56 Å². The minimum atomic E-state index is -0.845. The van der Waals surface area contributed by atoms with Crippen LogP contribution >= 0.6 is 0 Å². The van der Waals surface area contributed by atoms with Crippen LogP contribution in [-0.2, 0) is 16.6 Å². The van der Waals surface area contributed by atoms with Crippen LogP contribution in [0.5, 0.6) is 0 Å². The molecule has 136 valence electrons. The van der Waals surface area contributed by atoms with E-state index in [1.807, 2.05) is 12.1 Å². The molecule has 0 fully saturated rings. The van der Waals surface area contributed by atoms with Crippen LogP contribution in [0, 0.1) is 0 Å². The largest absolute Gasteiger partial charge is 0.478 e. The van der Waals surface area contributed by atoms with Gasteiger partial charge in [-0.05, 0) is 35.9 Å². The molecule has 0 aromatic heterocycles. The second kappa shape index (κ2) is 13.3. The summed E-state index contributed by atoms with van der Waals surface area (Å²) < 4.78 is 0. The minimum absolute atomic E-state index is 0.379. The van der Waals surface area contributed by atoms with Crippen LogP contribution in [0.3, 0.4) is 0 Å². The Morgan fingerprint density at radius 2 is 1.38 bits per heavy atom. The molecule has 0 amide bonds. The maximum absolute atomic E-state index is 10.9. The zero-order valence-corrected chi connectivity index (χ0v) is 16.4. The smallest absolute Gasteiger partial charge is 0.335 e. The summed E-state index contributed by atoms with van der Waals surface area (Å²) in [6.07, 6.45) is 16.2. The Balaban J connectivity index is 2.01. The zero-order chi connectivity index (χ0) is 17.6. The van der Waals surface area contributed by atoms with E-state index in [1.165, 1.54) is 75.5 Å². The maximum Gasteiger partial charge on any atom is 0.335 e. The van der Waals surface area contributed by atoms with Crippen molar-refractivity contribution in [1.82, 2.24) is 0 Å². The lowest BCUT2D eigenvalue weighted by molar-refractivity contribution is 0.0697. The van der Waals surface area contributed by atoms with E-state index in [0.29, 0.717) is 16.5 Å².